The van der Waals surface area contributed by atoms with Gasteiger partial charge in [-0.25, -0.2) is 0 Å². The summed E-state index contributed by atoms with van der Waals surface area (Å²) in [6.07, 6.45) is 0. The zero-order valence-corrected chi connectivity index (χ0v) is 10.1. The summed E-state index contributed by atoms with van der Waals surface area (Å²) in [5.74, 6) is 0. The summed E-state index contributed by atoms with van der Waals surface area (Å²) in [6.45, 7) is 0. The predicted octanol–water partition coefficient (Wildman–Crippen LogP) is 5.14. The highest BCUT2D eigenvalue weighted by atomic mass is 35.5. The van der Waals surface area contributed by atoms with E-state index in [1.807, 2.05) is 48.5 Å². The molecule has 0 amide bonds. The van der Waals surface area contributed by atoms with Gasteiger partial charge in [0, 0.05) is 9.79 Å². The minimum atomic E-state index is 0.691. The van der Waals surface area contributed by atoms with Crippen LogP contribution in [-0.4, -0.2) is 0 Å². The molecule has 0 bridgehead atoms. The van der Waals surface area contributed by atoms with Crippen LogP contribution in [0.3, 0.4) is 0 Å². The Hall–Kier alpha value is -0.630. The van der Waals surface area contributed by atoms with Crippen LogP contribution in [0.1, 0.15) is 0 Å². The first-order chi connectivity index (χ1) is 7.27. The van der Waals surface area contributed by atoms with Crippen LogP contribution < -0.4 is 0 Å². The summed E-state index contributed by atoms with van der Waals surface area (Å²) in [7, 11) is 0. The Morgan fingerprint density at radius 2 is 1.33 bits per heavy atom. The molecule has 0 aromatic heterocycles. The van der Waals surface area contributed by atoms with Gasteiger partial charge in [0.2, 0.25) is 0 Å². The molecule has 76 valence electrons. The molecule has 2 rings (SSSR count). The third-order valence-electron chi connectivity index (χ3n) is 1.88. The fourth-order valence-electron chi connectivity index (χ4n) is 1.19. The third kappa shape index (κ3) is 2.69. The van der Waals surface area contributed by atoms with Crippen LogP contribution in [0.15, 0.2) is 58.3 Å². The summed E-state index contributed by atoms with van der Waals surface area (Å²) < 4.78 is 0. The lowest BCUT2D eigenvalue weighted by molar-refractivity contribution is 1.41. The number of hydrogen-bond donors (Lipinski definition) is 0. The summed E-state index contributed by atoms with van der Waals surface area (Å²) in [5, 5.41) is 1.38. The number of rotatable bonds is 2. The monoisotopic (exact) mass is 254 g/mol. The maximum absolute atomic E-state index is 6.07. The van der Waals surface area contributed by atoms with Crippen molar-refractivity contribution in [1.82, 2.24) is 0 Å². The Morgan fingerprint density at radius 1 is 0.733 bits per heavy atom. The average Bonchev–Trinajstić information content (AvgIpc) is 2.25. The first kappa shape index (κ1) is 10.9. The van der Waals surface area contributed by atoms with Crippen LogP contribution in [0.4, 0.5) is 0 Å². The zero-order chi connectivity index (χ0) is 10.7. The van der Waals surface area contributed by atoms with E-state index in [1.54, 1.807) is 11.8 Å². The number of benzene rings is 2. The second-order valence-corrected chi connectivity index (χ2v) is 4.86. The molecule has 0 saturated carbocycles. The summed E-state index contributed by atoms with van der Waals surface area (Å²) in [6, 6.07) is 15.6. The summed E-state index contributed by atoms with van der Waals surface area (Å²) in [4.78, 5) is 2.04. The minimum Gasteiger partial charge on any atom is -0.0870 e. The van der Waals surface area contributed by atoms with Gasteiger partial charge < -0.3 is 0 Å². The van der Waals surface area contributed by atoms with Crippen LogP contribution in [0.5, 0.6) is 0 Å². The van der Waals surface area contributed by atoms with Gasteiger partial charge in [-0.05, 0) is 24.3 Å². The first-order valence-corrected chi connectivity index (χ1v) is 6.01. The van der Waals surface area contributed by atoms with Crippen LogP contribution in [0.25, 0.3) is 0 Å². The number of halogens is 2. The lowest BCUT2D eigenvalue weighted by atomic mass is 10.4. The Balaban J connectivity index is 2.32. The smallest absolute Gasteiger partial charge is 0.0560 e. The molecule has 0 fully saturated rings. The van der Waals surface area contributed by atoms with E-state index in [-0.39, 0.29) is 0 Å². The molecule has 0 N–H and O–H groups in total. The number of hydrogen-bond acceptors (Lipinski definition) is 1. The molecule has 0 unspecified atom stereocenters. The maximum atomic E-state index is 6.07. The van der Waals surface area contributed by atoms with Crippen LogP contribution in [0.2, 0.25) is 10.0 Å². The lowest BCUT2D eigenvalue weighted by Crippen LogP contribution is -1.77. The molecule has 0 spiro atoms. The van der Waals surface area contributed by atoms with Crippen molar-refractivity contribution in [2.45, 2.75) is 9.79 Å². The predicted molar refractivity (Wildman–Crippen MR) is 67.0 cm³/mol. The van der Waals surface area contributed by atoms with Gasteiger partial charge >= 0.3 is 0 Å². The van der Waals surface area contributed by atoms with Gasteiger partial charge in [0.15, 0.2) is 0 Å². The molecule has 2 aromatic carbocycles. The van der Waals surface area contributed by atoms with Crippen molar-refractivity contribution in [2.75, 3.05) is 0 Å². The van der Waals surface area contributed by atoms with Gasteiger partial charge in [0.25, 0.3) is 0 Å². The second-order valence-electron chi connectivity index (χ2n) is 2.97. The molecule has 0 heterocycles. The highest BCUT2D eigenvalue weighted by Gasteiger charge is 2.06. The highest BCUT2D eigenvalue weighted by Crippen LogP contribution is 2.38. The van der Waals surface area contributed by atoms with Crippen molar-refractivity contribution in [3.8, 4) is 0 Å². The Kier molecular flexibility index (Phi) is 3.57. The van der Waals surface area contributed by atoms with E-state index in [4.69, 9.17) is 23.2 Å². The van der Waals surface area contributed by atoms with Crippen molar-refractivity contribution in [3.05, 3.63) is 58.6 Å². The van der Waals surface area contributed by atoms with Crippen molar-refractivity contribution >= 4 is 35.0 Å². The van der Waals surface area contributed by atoms with Gasteiger partial charge in [-0.1, -0.05) is 59.2 Å². The molecule has 0 aliphatic heterocycles. The maximum Gasteiger partial charge on any atom is 0.0560 e. The molecule has 0 saturated heterocycles. The van der Waals surface area contributed by atoms with Crippen LogP contribution in [-0.2, 0) is 0 Å². The topological polar surface area (TPSA) is 0 Å². The van der Waals surface area contributed by atoms with E-state index in [9.17, 15) is 0 Å². The van der Waals surface area contributed by atoms with E-state index < -0.39 is 0 Å². The second kappa shape index (κ2) is 4.93. The molecule has 2 aromatic rings. The van der Waals surface area contributed by atoms with Crippen LogP contribution in [0, 0.1) is 0 Å². The van der Waals surface area contributed by atoms with E-state index in [1.165, 1.54) is 0 Å². The molecule has 0 aliphatic rings. The van der Waals surface area contributed by atoms with Gasteiger partial charge in [0.1, 0.15) is 0 Å². The summed E-state index contributed by atoms with van der Waals surface area (Å²) >= 11 is 13.7. The summed E-state index contributed by atoms with van der Waals surface area (Å²) in [5.41, 5.74) is 0. The minimum absolute atomic E-state index is 0.691. The van der Waals surface area contributed by atoms with Gasteiger partial charge in [-0.3, -0.25) is 0 Å². The Bertz CT molecular complexity index is 434. The molecule has 0 aliphatic carbocycles. The fraction of sp³-hybridized carbons (Fsp3) is 0. The standard InChI is InChI=1S/C12H8Cl2S/c13-10-7-4-8-11(14)12(10)15-9-5-2-1-3-6-9/h1-8H. The first-order valence-electron chi connectivity index (χ1n) is 4.44. The third-order valence-corrected chi connectivity index (χ3v) is 3.89. The Labute approximate surface area is 103 Å². The van der Waals surface area contributed by atoms with E-state index in [0.29, 0.717) is 10.0 Å². The average molecular weight is 255 g/mol. The molecular formula is C12H8Cl2S. The SMILES string of the molecule is Clc1cccc(Cl)c1Sc1ccccc1. The molecular weight excluding hydrogens is 247 g/mol. The molecule has 15 heavy (non-hydrogen) atoms. The van der Waals surface area contributed by atoms with E-state index >= 15 is 0 Å². The quantitative estimate of drug-likeness (QED) is 0.715. The highest BCUT2D eigenvalue weighted by molar-refractivity contribution is 7.99. The van der Waals surface area contributed by atoms with Crippen molar-refractivity contribution in [2.24, 2.45) is 0 Å². The van der Waals surface area contributed by atoms with Gasteiger partial charge in [0.05, 0.1) is 10.0 Å². The van der Waals surface area contributed by atoms with E-state index in [2.05, 4.69) is 0 Å². The van der Waals surface area contributed by atoms with Crippen molar-refractivity contribution in [1.29, 1.82) is 0 Å². The van der Waals surface area contributed by atoms with Crippen molar-refractivity contribution < 1.29 is 0 Å². The normalized spacial score (nSPS) is 10.3. The van der Waals surface area contributed by atoms with Crippen molar-refractivity contribution in [3.63, 3.8) is 0 Å². The van der Waals surface area contributed by atoms with Gasteiger partial charge in [-0.2, -0.15) is 0 Å². The Morgan fingerprint density at radius 3 is 1.93 bits per heavy atom. The molecule has 0 radical (unpaired) electrons. The fourth-order valence-corrected chi connectivity index (χ4v) is 2.68. The lowest BCUT2D eigenvalue weighted by Gasteiger charge is -2.05. The van der Waals surface area contributed by atoms with Crippen LogP contribution >= 0.6 is 35.0 Å². The molecule has 0 atom stereocenters. The van der Waals surface area contributed by atoms with E-state index in [0.717, 1.165) is 9.79 Å². The van der Waals surface area contributed by atoms with Gasteiger partial charge in [-0.15, -0.1) is 0 Å². The molecule has 3 heteroatoms. The molecule has 0 nitrogen and oxygen atoms in total. The largest absolute Gasteiger partial charge is 0.0870 e. The zero-order valence-electron chi connectivity index (χ0n) is 7.78.